The van der Waals surface area contributed by atoms with Crippen molar-refractivity contribution in [2.24, 2.45) is 0 Å². The Kier molecular flexibility index (Phi) is 4.88. The average Bonchev–Trinajstić information content (AvgIpc) is 2.39. The number of nitrogens with one attached hydrogen (secondary N) is 1. The molecule has 6 heteroatoms. The summed E-state index contributed by atoms with van der Waals surface area (Å²) in [4.78, 5) is 23.1. The van der Waals surface area contributed by atoms with Gasteiger partial charge in [0.05, 0.1) is 11.4 Å². The van der Waals surface area contributed by atoms with Crippen LogP contribution in [-0.2, 0) is 4.74 Å². The summed E-state index contributed by atoms with van der Waals surface area (Å²) in [5, 5.41) is 2.96. The predicted molar refractivity (Wildman–Crippen MR) is 86.1 cm³/mol. The van der Waals surface area contributed by atoms with Crippen LogP contribution in [0.15, 0.2) is 6.20 Å². The summed E-state index contributed by atoms with van der Waals surface area (Å²) in [7, 11) is 0. The smallest absolute Gasteiger partial charge is 0.407 e. The summed E-state index contributed by atoms with van der Waals surface area (Å²) in [5.74, 6) is 0.913. The molecule has 0 aliphatic carbocycles. The molecule has 0 spiro atoms. The number of piperidine rings is 1. The van der Waals surface area contributed by atoms with Gasteiger partial charge in [0.2, 0.25) is 0 Å². The van der Waals surface area contributed by atoms with Crippen LogP contribution in [0.1, 0.15) is 45.0 Å². The molecule has 1 aliphatic rings. The van der Waals surface area contributed by atoms with Crippen molar-refractivity contribution in [2.45, 2.75) is 59.1 Å². The monoisotopic (exact) mass is 306 g/mol. The number of carbonyl (C=O) groups excluding carboxylic acids is 1. The van der Waals surface area contributed by atoms with E-state index in [2.05, 4.69) is 20.2 Å². The predicted octanol–water partition coefficient (Wildman–Crippen LogP) is 2.59. The third kappa shape index (κ3) is 4.58. The van der Waals surface area contributed by atoms with Gasteiger partial charge in [-0.25, -0.2) is 9.78 Å². The summed E-state index contributed by atoms with van der Waals surface area (Å²) >= 11 is 0. The maximum atomic E-state index is 11.9. The van der Waals surface area contributed by atoms with E-state index >= 15 is 0 Å². The third-order valence-corrected chi connectivity index (χ3v) is 3.49. The normalized spacial score (nSPS) is 19.0. The minimum absolute atomic E-state index is 0.0744. The Bertz CT molecular complexity index is 539. The van der Waals surface area contributed by atoms with Gasteiger partial charge in [-0.3, -0.25) is 4.98 Å². The molecule has 1 fully saturated rings. The minimum Gasteiger partial charge on any atom is -0.444 e. The van der Waals surface area contributed by atoms with Gasteiger partial charge in [0.25, 0.3) is 0 Å². The van der Waals surface area contributed by atoms with E-state index in [4.69, 9.17) is 4.74 Å². The summed E-state index contributed by atoms with van der Waals surface area (Å²) in [6.07, 6.45) is 3.38. The molecule has 0 radical (unpaired) electrons. The maximum Gasteiger partial charge on any atom is 0.407 e. The van der Waals surface area contributed by atoms with Crippen LogP contribution in [0.3, 0.4) is 0 Å². The highest BCUT2D eigenvalue weighted by Crippen LogP contribution is 2.21. The highest BCUT2D eigenvalue weighted by Gasteiger charge is 2.25. The Morgan fingerprint density at radius 2 is 2.14 bits per heavy atom. The van der Waals surface area contributed by atoms with Crippen LogP contribution in [0, 0.1) is 13.8 Å². The molecule has 2 rings (SSSR count). The van der Waals surface area contributed by atoms with Crippen LogP contribution in [0.5, 0.6) is 0 Å². The van der Waals surface area contributed by atoms with Gasteiger partial charge in [0.1, 0.15) is 11.4 Å². The van der Waals surface area contributed by atoms with Crippen molar-refractivity contribution in [3.63, 3.8) is 0 Å². The lowest BCUT2D eigenvalue weighted by atomic mass is 10.1. The highest BCUT2D eigenvalue weighted by molar-refractivity contribution is 5.68. The lowest BCUT2D eigenvalue weighted by Gasteiger charge is -2.34. The highest BCUT2D eigenvalue weighted by atomic mass is 16.6. The fourth-order valence-corrected chi connectivity index (χ4v) is 2.59. The molecule has 1 amide bonds. The van der Waals surface area contributed by atoms with Gasteiger partial charge >= 0.3 is 6.09 Å². The standard InChI is InChI=1S/C16H26N4O2/c1-11-9-17-12(2)14(18-11)20-8-6-7-13(10-20)19-15(21)22-16(3,4)5/h9,13H,6-8,10H2,1-5H3,(H,19,21)/t13-/m1/s1. The number of rotatable bonds is 2. The topological polar surface area (TPSA) is 67.4 Å². The van der Waals surface area contributed by atoms with E-state index in [0.717, 1.165) is 43.1 Å². The summed E-state index contributed by atoms with van der Waals surface area (Å²) in [6, 6.07) is 0.0744. The second-order valence-electron chi connectivity index (χ2n) is 6.85. The molecule has 6 nitrogen and oxygen atoms in total. The van der Waals surface area contributed by atoms with Crippen LogP contribution in [0.25, 0.3) is 0 Å². The molecule has 1 atom stereocenters. The van der Waals surface area contributed by atoms with Crippen LogP contribution < -0.4 is 10.2 Å². The number of hydrogen-bond acceptors (Lipinski definition) is 5. The number of ether oxygens (including phenoxy) is 1. The molecule has 1 N–H and O–H groups in total. The first-order chi connectivity index (χ1) is 10.2. The molecule has 0 unspecified atom stereocenters. The first-order valence-corrected chi connectivity index (χ1v) is 7.79. The van der Waals surface area contributed by atoms with Crippen molar-refractivity contribution >= 4 is 11.9 Å². The molecule has 0 saturated carbocycles. The molecular formula is C16H26N4O2. The number of carbonyl (C=O) groups is 1. The van der Waals surface area contributed by atoms with Crippen LogP contribution in [0.4, 0.5) is 10.6 Å². The average molecular weight is 306 g/mol. The second kappa shape index (κ2) is 6.50. The SMILES string of the molecule is Cc1cnc(C)c(N2CCC[C@@H](NC(=O)OC(C)(C)C)C2)n1. The summed E-state index contributed by atoms with van der Waals surface area (Å²) in [6.45, 7) is 11.2. The molecular weight excluding hydrogens is 280 g/mol. The number of amides is 1. The van der Waals surface area contributed by atoms with Gasteiger partial charge in [-0.2, -0.15) is 0 Å². The van der Waals surface area contributed by atoms with Crippen molar-refractivity contribution in [3.8, 4) is 0 Å². The number of anilines is 1. The van der Waals surface area contributed by atoms with Gasteiger partial charge in [0, 0.05) is 25.3 Å². The number of aromatic nitrogens is 2. The van der Waals surface area contributed by atoms with Gasteiger partial charge in [-0.1, -0.05) is 0 Å². The molecule has 1 aliphatic heterocycles. The third-order valence-electron chi connectivity index (χ3n) is 3.49. The Morgan fingerprint density at radius 1 is 1.41 bits per heavy atom. The molecule has 1 aromatic heterocycles. The van der Waals surface area contributed by atoms with Gasteiger partial charge in [0.15, 0.2) is 0 Å². The largest absolute Gasteiger partial charge is 0.444 e. The molecule has 0 bridgehead atoms. The molecule has 22 heavy (non-hydrogen) atoms. The maximum absolute atomic E-state index is 11.9. The first kappa shape index (κ1) is 16.5. The van der Waals surface area contributed by atoms with E-state index in [1.807, 2.05) is 34.6 Å². The van der Waals surface area contributed by atoms with Crippen LogP contribution in [-0.4, -0.2) is 40.8 Å². The van der Waals surface area contributed by atoms with Gasteiger partial charge in [-0.05, 0) is 47.5 Å². The van der Waals surface area contributed by atoms with Crippen LogP contribution in [0.2, 0.25) is 0 Å². The molecule has 1 aromatic rings. The number of aryl methyl sites for hydroxylation is 2. The zero-order chi connectivity index (χ0) is 16.3. The minimum atomic E-state index is -0.475. The summed E-state index contributed by atoms with van der Waals surface area (Å²) in [5.41, 5.74) is 1.35. The van der Waals surface area contributed by atoms with Crippen molar-refractivity contribution in [3.05, 3.63) is 17.6 Å². The first-order valence-electron chi connectivity index (χ1n) is 7.79. The molecule has 2 heterocycles. The van der Waals surface area contributed by atoms with E-state index in [-0.39, 0.29) is 12.1 Å². The number of nitrogens with zero attached hydrogens (tertiary/aromatic N) is 3. The van der Waals surface area contributed by atoms with E-state index in [0.29, 0.717) is 0 Å². The van der Waals surface area contributed by atoms with E-state index in [9.17, 15) is 4.79 Å². The van der Waals surface area contributed by atoms with Gasteiger partial charge < -0.3 is 15.0 Å². The lowest BCUT2D eigenvalue weighted by Crippen LogP contribution is -2.49. The number of alkyl carbamates (subject to hydrolysis) is 1. The van der Waals surface area contributed by atoms with E-state index in [1.165, 1.54) is 0 Å². The fraction of sp³-hybridized carbons (Fsp3) is 0.688. The molecule has 1 saturated heterocycles. The number of hydrogen-bond donors (Lipinski definition) is 1. The van der Waals surface area contributed by atoms with E-state index < -0.39 is 5.60 Å². The van der Waals surface area contributed by atoms with Crippen molar-refractivity contribution < 1.29 is 9.53 Å². The lowest BCUT2D eigenvalue weighted by molar-refractivity contribution is 0.0500. The molecule has 122 valence electrons. The zero-order valence-corrected chi connectivity index (χ0v) is 14.1. The van der Waals surface area contributed by atoms with E-state index in [1.54, 1.807) is 6.20 Å². The quantitative estimate of drug-likeness (QED) is 0.909. The fourth-order valence-electron chi connectivity index (χ4n) is 2.59. The van der Waals surface area contributed by atoms with Crippen molar-refractivity contribution in [1.82, 2.24) is 15.3 Å². The Balaban J connectivity index is 2.00. The molecule has 0 aromatic carbocycles. The van der Waals surface area contributed by atoms with Gasteiger partial charge in [-0.15, -0.1) is 0 Å². The Hall–Kier alpha value is -1.85. The van der Waals surface area contributed by atoms with Crippen molar-refractivity contribution in [1.29, 1.82) is 0 Å². The second-order valence-corrected chi connectivity index (χ2v) is 6.85. The van der Waals surface area contributed by atoms with Crippen LogP contribution >= 0.6 is 0 Å². The Morgan fingerprint density at radius 3 is 2.82 bits per heavy atom. The Labute approximate surface area is 132 Å². The van der Waals surface area contributed by atoms with Crippen molar-refractivity contribution in [2.75, 3.05) is 18.0 Å². The zero-order valence-electron chi connectivity index (χ0n) is 14.1. The summed E-state index contributed by atoms with van der Waals surface area (Å²) < 4.78 is 5.33.